The number of carbonyl (C=O) groups is 3. The number of imidazole rings is 1. The third-order valence-electron chi connectivity index (χ3n) is 7.01. The van der Waals surface area contributed by atoms with Crippen LogP contribution in [0.4, 0.5) is 5.82 Å². The lowest BCUT2D eigenvalue weighted by Crippen LogP contribution is -2.46. The number of phosphoric ester groups is 3. The number of aliphatic hydroxyl groups excluding tert-OH is 2. The Labute approximate surface area is 299 Å². The smallest absolute Gasteiger partial charge is 0.386 e. The van der Waals surface area contributed by atoms with Gasteiger partial charge in [-0.3, -0.25) is 32.5 Å². The van der Waals surface area contributed by atoms with E-state index in [-0.39, 0.29) is 35.9 Å². The molecule has 294 valence electrons. The lowest BCUT2D eigenvalue weighted by Gasteiger charge is -2.30. The summed E-state index contributed by atoms with van der Waals surface area (Å²) in [6, 6.07) is 0. The number of hydrogen-bond donors (Lipinski definition) is 11. The highest BCUT2D eigenvalue weighted by molar-refractivity contribution is 7.80. The van der Waals surface area contributed by atoms with Crippen LogP contribution in [0.5, 0.6) is 0 Å². The van der Waals surface area contributed by atoms with Crippen molar-refractivity contribution in [3.8, 4) is 0 Å². The quantitative estimate of drug-likeness (QED) is 0.0373. The maximum atomic E-state index is 12.7. The van der Waals surface area contributed by atoms with E-state index in [1.807, 2.05) is 0 Å². The van der Waals surface area contributed by atoms with Gasteiger partial charge in [0, 0.05) is 30.7 Å². The zero-order valence-corrected chi connectivity index (χ0v) is 30.9. The molecule has 3 unspecified atom stereocenters. The Balaban J connectivity index is 1.67. The highest BCUT2D eigenvalue weighted by atomic mass is 32.1. The standard InChI is InChI=1S/C23H39N8O17P3S/c1-23(2,17(35)21(36)27-4-3-13(33)26-5-6-52)9-45-51(42,43)48-50(40,41)44-8-12-16(47-49(37,38)39)15(34)22(46-12)31-10-28-14-18(25)29-19(11(32)7-24)30-20(14)31/h10,12,15-17,22,34-35,52H,3-9,24H2,1-2H3,(H,26,33)(H,27,36)(H,40,41)(H,42,43)(H2,25,29,30)(H2,37,38,39)/t12-,15-,16-,17?,22-/m1/s1. The zero-order valence-electron chi connectivity index (χ0n) is 27.3. The molecular weight excluding hydrogens is 785 g/mol. The van der Waals surface area contributed by atoms with E-state index in [0.29, 0.717) is 12.3 Å². The fourth-order valence-corrected chi connectivity index (χ4v) is 7.36. The number of nitrogen functional groups attached to an aromatic ring is 1. The van der Waals surface area contributed by atoms with Gasteiger partial charge in [-0.15, -0.1) is 0 Å². The average Bonchev–Trinajstić information content (AvgIpc) is 3.60. The molecule has 3 rings (SSSR count). The van der Waals surface area contributed by atoms with Crippen molar-refractivity contribution in [3.63, 3.8) is 0 Å². The number of aromatic nitrogens is 4. The topological polar surface area (TPSA) is 390 Å². The Bertz CT molecular complexity index is 1760. The summed E-state index contributed by atoms with van der Waals surface area (Å²) in [5.74, 6) is -2.38. The fraction of sp³-hybridized carbons (Fsp3) is 0.652. The minimum Gasteiger partial charge on any atom is -0.386 e. The molecule has 0 radical (unpaired) electrons. The summed E-state index contributed by atoms with van der Waals surface area (Å²) >= 11 is 3.95. The van der Waals surface area contributed by atoms with Gasteiger partial charge in [-0.1, -0.05) is 13.8 Å². The minimum atomic E-state index is -5.61. The van der Waals surface area contributed by atoms with Crippen LogP contribution in [-0.2, 0) is 45.9 Å². The van der Waals surface area contributed by atoms with Crippen LogP contribution >= 0.6 is 36.1 Å². The number of aliphatic hydroxyl groups is 2. The number of hydrogen-bond acceptors (Lipinski definition) is 19. The predicted octanol–water partition coefficient (Wildman–Crippen LogP) is -2.52. The second-order valence-electron chi connectivity index (χ2n) is 11.6. The fourth-order valence-electron chi connectivity index (χ4n) is 4.42. The zero-order chi connectivity index (χ0) is 39.2. The van der Waals surface area contributed by atoms with Gasteiger partial charge >= 0.3 is 23.5 Å². The minimum absolute atomic E-state index is 0.0793. The first kappa shape index (κ1) is 43.9. The lowest BCUT2D eigenvalue weighted by molar-refractivity contribution is -0.137. The van der Waals surface area contributed by atoms with Gasteiger partial charge in [0.15, 0.2) is 17.7 Å². The van der Waals surface area contributed by atoms with Crippen LogP contribution in [0.25, 0.3) is 11.2 Å². The van der Waals surface area contributed by atoms with E-state index >= 15 is 0 Å². The predicted molar refractivity (Wildman–Crippen MR) is 177 cm³/mol. The molecule has 7 atom stereocenters. The normalized spacial score (nSPS) is 22.4. The molecule has 0 bridgehead atoms. The molecule has 52 heavy (non-hydrogen) atoms. The van der Waals surface area contributed by atoms with Gasteiger partial charge in [-0.05, 0) is 0 Å². The molecule has 1 fully saturated rings. The number of anilines is 1. The molecule has 0 saturated carbocycles. The number of ether oxygens (including phenoxy) is 1. The lowest BCUT2D eigenvalue weighted by atomic mass is 9.87. The summed E-state index contributed by atoms with van der Waals surface area (Å²) < 4.78 is 61.9. The summed E-state index contributed by atoms with van der Waals surface area (Å²) in [7, 11) is -16.5. The Morgan fingerprint density at radius 2 is 1.75 bits per heavy atom. The van der Waals surface area contributed by atoms with Crippen molar-refractivity contribution in [2.75, 3.05) is 44.3 Å². The number of carbonyl (C=O) groups excluding carboxylic acids is 3. The van der Waals surface area contributed by atoms with E-state index in [4.69, 9.17) is 25.3 Å². The maximum Gasteiger partial charge on any atom is 0.481 e. The number of ketones is 1. The molecule has 2 aromatic rings. The number of rotatable bonds is 20. The molecule has 0 aromatic carbocycles. The highest BCUT2D eigenvalue weighted by Gasteiger charge is 2.50. The largest absolute Gasteiger partial charge is 0.481 e. The van der Waals surface area contributed by atoms with Crippen molar-refractivity contribution in [3.05, 3.63) is 12.2 Å². The summed E-state index contributed by atoms with van der Waals surface area (Å²) in [4.78, 5) is 87.1. The van der Waals surface area contributed by atoms with E-state index in [0.717, 1.165) is 10.9 Å². The van der Waals surface area contributed by atoms with Crippen molar-refractivity contribution >= 4 is 70.7 Å². The molecule has 0 aliphatic carbocycles. The number of nitrogens with one attached hydrogen (secondary N) is 2. The number of nitrogens with two attached hydrogens (primary N) is 2. The van der Waals surface area contributed by atoms with Crippen molar-refractivity contribution in [1.29, 1.82) is 0 Å². The molecule has 1 saturated heterocycles. The van der Waals surface area contributed by atoms with Crippen LogP contribution in [0.1, 0.15) is 37.1 Å². The molecule has 0 spiro atoms. The average molecular weight is 825 g/mol. The number of thiol groups is 1. The van der Waals surface area contributed by atoms with Gasteiger partial charge in [0.25, 0.3) is 0 Å². The summed E-state index contributed by atoms with van der Waals surface area (Å²) in [5, 5.41) is 26.2. The van der Waals surface area contributed by atoms with Gasteiger partial charge in [0.2, 0.25) is 23.4 Å². The first-order valence-corrected chi connectivity index (χ1v) is 20.0. The molecule has 3 heterocycles. The molecule has 1 aliphatic rings. The van der Waals surface area contributed by atoms with E-state index in [1.54, 1.807) is 0 Å². The summed E-state index contributed by atoms with van der Waals surface area (Å²) in [5.41, 5.74) is 9.32. The van der Waals surface area contributed by atoms with Crippen LogP contribution in [0.15, 0.2) is 6.33 Å². The third-order valence-corrected chi connectivity index (χ3v) is 10.3. The second kappa shape index (κ2) is 17.8. The van der Waals surface area contributed by atoms with Crippen molar-refractivity contribution in [1.82, 2.24) is 30.2 Å². The highest BCUT2D eigenvalue weighted by Crippen LogP contribution is 2.61. The molecule has 2 aromatic heterocycles. The van der Waals surface area contributed by atoms with Crippen LogP contribution in [0.2, 0.25) is 0 Å². The van der Waals surface area contributed by atoms with Gasteiger partial charge in [-0.2, -0.15) is 16.9 Å². The third kappa shape index (κ3) is 12.0. The molecule has 25 nitrogen and oxygen atoms in total. The number of amides is 2. The molecule has 29 heteroatoms. The summed E-state index contributed by atoms with van der Waals surface area (Å²) in [6.45, 7) is 0.0636. The Morgan fingerprint density at radius 3 is 2.37 bits per heavy atom. The second-order valence-corrected chi connectivity index (χ2v) is 16.3. The number of Topliss-reactive ketones (excluding diaryl/α,β-unsaturated/α-hetero) is 1. The molecule has 12 N–H and O–H groups in total. The van der Waals surface area contributed by atoms with E-state index in [9.17, 15) is 57.9 Å². The first-order valence-electron chi connectivity index (χ1n) is 14.8. The van der Waals surface area contributed by atoms with Crippen LogP contribution in [-0.4, -0.2) is 130 Å². The maximum absolute atomic E-state index is 12.7. The Hall–Kier alpha value is -2.48. The molecule has 1 aliphatic heterocycles. The van der Waals surface area contributed by atoms with Crippen LogP contribution < -0.4 is 22.1 Å². The van der Waals surface area contributed by atoms with E-state index in [1.165, 1.54) is 13.8 Å². The van der Waals surface area contributed by atoms with Crippen molar-refractivity contribution < 1.29 is 80.5 Å². The van der Waals surface area contributed by atoms with Crippen LogP contribution in [0.3, 0.4) is 0 Å². The Kier molecular flexibility index (Phi) is 15.0. The van der Waals surface area contributed by atoms with E-state index < -0.39 is 96.8 Å². The van der Waals surface area contributed by atoms with Gasteiger partial charge in [0.05, 0.1) is 26.1 Å². The van der Waals surface area contributed by atoms with Crippen LogP contribution in [0, 0.1) is 5.41 Å². The summed E-state index contributed by atoms with van der Waals surface area (Å²) in [6.07, 6.45) is -8.43. The van der Waals surface area contributed by atoms with Gasteiger partial charge < -0.3 is 56.6 Å². The van der Waals surface area contributed by atoms with Gasteiger partial charge in [0.1, 0.15) is 29.9 Å². The monoisotopic (exact) mass is 824 g/mol. The van der Waals surface area contributed by atoms with Crippen molar-refractivity contribution in [2.24, 2.45) is 11.1 Å². The molecule has 2 amide bonds. The van der Waals surface area contributed by atoms with Gasteiger partial charge in [-0.25, -0.2) is 28.6 Å². The Morgan fingerprint density at radius 1 is 1.10 bits per heavy atom. The SMILES string of the molecule is CC(C)(COP(=O)(O)OP(=O)(O)OC[C@H]1O[C@@H](n2cnc3c(N)nc(C(=O)CN)nc32)[C@H](O)[C@@H]1OP(=O)(O)O)C(O)C(=O)NCCC(=O)NCCS. The molecular formula is C23H39N8O17P3S. The number of fused-ring (bicyclic) bond motifs is 1. The van der Waals surface area contributed by atoms with Crippen molar-refractivity contribution in [2.45, 2.75) is 50.9 Å². The first-order chi connectivity index (χ1) is 24.0. The number of nitrogens with zero attached hydrogens (tertiary/aromatic N) is 4. The number of phosphoric acid groups is 3. The van der Waals surface area contributed by atoms with E-state index in [2.05, 4.69) is 47.0 Å².